The Morgan fingerprint density at radius 2 is 2.00 bits per heavy atom. The van der Waals surface area contributed by atoms with Gasteiger partial charge in [-0.05, 0) is 52.3 Å². The number of nitrogens with one attached hydrogen (secondary N) is 1. The number of rotatable bonds is 6. The Hall–Kier alpha value is -1.77. The number of piperazine rings is 1. The Kier molecular flexibility index (Phi) is 6.85. The topological polar surface area (TPSA) is 64.6 Å². The second kappa shape index (κ2) is 9.58. The fraction of sp³-hybridized carbons (Fsp3) is 0.682. The third-order valence-electron chi connectivity index (χ3n) is 6.56. The molecule has 4 rings (SSSR count). The van der Waals surface area contributed by atoms with Crippen LogP contribution >= 0.6 is 11.3 Å². The highest BCUT2D eigenvalue weighted by Gasteiger charge is 2.24. The first-order chi connectivity index (χ1) is 14.5. The van der Waals surface area contributed by atoms with Gasteiger partial charge in [0.05, 0.1) is 10.3 Å². The molecule has 2 aromatic rings. The van der Waals surface area contributed by atoms with Crippen molar-refractivity contribution in [2.75, 3.05) is 57.8 Å². The Morgan fingerprint density at radius 3 is 2.77 bits per heavy atom. The molecule has 2 aliphatic heterocycles. The summed E-state index contributed by atoms with van der Waals surface area (Å²) in [6.07, 6.45) is 6.57. The molecule has 2 aromatic heterocycles. The first kappa shape index (κ1) is 21.5. The zero-order chi connectivity index (χ0) is 21.1. The summed E-state index contributed by atoms with van der Waals surface area (Å²) in [4.78, 5) is 30.8. The minimum atomic E-state index is 0.0199. The quantitative estimate of drug-likeness (QED) is 0.711. The van der Waals surface area contributed by atoms with E-state index >= 15 is 0 Å². The Bertz CT molecular complexity index is 876. The number of anilines is 1. The number of aromatic nitrogens is 2. The lowest BCUT2D eigenvalue weighted by Crippen LogP contribution is -2.44. The normalized spacial score (nSPS) is 21.3. The third kappa shape index (κ3) is 4.60. The molecule has 164 valence electrons. The number of fused-ring (bicyclic) bond motifs is 1. The summed E-state index contributed by atoms with van der Waals surface area (Å²) in [6.45, 7) is 11.3. The van der Waals surface area contributed by atoms with E-state index in [1.165, 1.54) is 37.1 Å². The van der Waals surface area contributed by atoms with Crippen LogP contribution in [0.15, 0.2) is 6.33 Å². The van der Waals surface area contributed by atoms with Crippen molar-refractivity contribution in [1.82, 2.24) is 25.1 Å². The summed E-state index contributed by atoms with van der Waals surface area (Å²) in [5.41, 5.74) is 1.01. The smallest absolute Gasteiger partial charge is 0.261 e. The van der Waals surface area contributed by atoms with Crippen LogP contribution < -0.4 is 10.2 Å². The van der Waals surface area contributed by atoms with Crippen LogP contribution in [0.1, 0.15) is 47.8 Å². The van der Waals surface area contributed by atoms with Crippen LogP contribution in [0.25, 0.3) is 10.2 Å². The monoisotopic (exact) mass is 430 g/mol. The van der Waals surface area contributed by atoms with E-state index in [1.807, 2.05) is 6.92 Å². The Balaban J connectivity index is 1.40. The molecule has 2 fully saturated rings. The van der Waals surface area contributed by atoms with Gasteiger partial charge in [0, 0.05) is 45.3 Å². The van der Waals surface area contributed by atoms with Gasteiger partial charge >= 0.3 is 0 Å². The molecule has 1 atom stereocenters. The van der Waals surface area contributed by atoms with Crippen molar-refractivity contribution in [1.29, 1.82) is 0 Å². The second-order valence-corrected chi connectivity index (χ2v) is 9.71. The lowest BCUT2D eigenvalue weighted by molar-refractivity contribution is 0.0952. The van der Waals surface area contributed by atoms with Crippen molar-refractivity contribution in [3.05, 3.63) is 16.8 Å². The van der Waals surface area contributed by atoms with Gasteiger partial charge in [0.25, 0.3) is 5.91 Å². The molecular weight excluding hydrogens is 396 g/mol. The maximum Gasteiger partial charge on any atom is 0.261 e. The molecule has 2 saturated heterocycles. The lowest BCUT2D eigenvalue weighted by Gasteiger charge is -2.33. The van der Waals surface area contributed by atoms with Gasteiger partial charge in [0.2, 0.25) is 0 Å². The molecule has 1 N–H and O–H groups in total. The van der Waals surface area contributed by atoms with Crippen LogP contribution in [0.2, 0.25) is 0 Å². The van der Waals surface area contributed by atoms with Crippen LogP contribution in [-0.4, -0.2) is 84.6 Å². The number of carbonyl (C=O) groups excluding carboxylic acids is 1. The third-order valence-corrected chi connectivity index (χ3v) is 7.76. The van der Waals surface area contributed by atoms with Crippen molar-refractivity contribution in [2.24, 2.45) is 0 Å². The highest BCUT2D eigenvalue weighted by Crippen LogP contribution is 2.35. The van der Waals surface area contributed by atoms with Gasteiger partial charge < -0.3 is 20.0 Å². The van der Waals surface area contributed by atoms with Crippen LogP contribution in [0.5, 0.6) is 0 Å². The fourth-order valence-electron chi connectivity index (χ4n) is 4.58. The van der Waals surface area contributed by atoms with Gasteiger partial charge in [-0.25, -0.2) is 9.97 Å². The molecule has 0 spiro atoms. The zero-order valence-corrected chi connectivity index (χ0v) is 19.3. The van der Waals surface area contributed by atoms with Crippen molar-refractivity contribution in [3.8, 4) is 0 Å². The number of amides is 1. The van der Waals surface area contributed by atoms with Crippen LogP contribution in [0.3, 0.4) is 0 Å². The van der Waals surface area contributed by atoms with Gasteiger partial charge in [-0.3, -0.25) is 4.79 Å². The SMILES string of the molecule is Cc1c(C(=O)NCCCN2CCCCC2C)sc2ncnc(N3CCN(C)CC3)c12. The van der Waals surface area contributed by atoms with E-state index in [9.17, 15) is 4.79 Å². The number of nitrogens with zero attached hydrogens (tertiary/aromatic N) is 5. The number of hydrogen-bond donors (Lipinski definition) is 1. The molecule has 4 heterocycles. The largest absolute Gasteiger partial charge is 0.353 e. The van der Waals surface area contributed by atoms with Gasteiger partial charge in [0.1, 0.15) is 17.0 Å². The van der Waals surface area contributed by atoms with E-state index in [2.05, 4.69) is 44.0 Å². The molecule has 30 heavy (non-hydrogen) atoms. The minimum absolute atomic E-state index is 0.0199. The molecule has 0 saturated carbocycles. The molecule has 2 aliphatic rings. The molecule has 0 radical (unpaired) electrons. The van der Waals surface area contributed by atoms with E-state index in [1.54, 1.807) is 6.33 Å². The summed E-state index contributed by atoms with van der Waals surface area (Å²) in [7, 11) is 2.15. The van der Waals surface area contributed by atoms with Crippen molar-refractivity contribution in [2.45, 2.75) is 45.6 Å². The zero-order valence-electron chi connectivity index (χ0n) is 18.5. The maximum absolute atomic E-state index is 12.9. The standard InChI is InChI=1S/C22H34N6OS/c1-16-7-4-5-9-27(16)10-6-8-23-21(29)19-17(2)18-20(24-15-25-22(18)30-19)28-13-11-26(3)12-14-28/h15-16H,4-14H2,1-3H3,(H,23,29). The first-order valence-corrected chi connectivity index (χ1v) is 12.1. The molecule has 0 bridgehead atoms. The average Bonchev–Trinajstić information content (AvgIpc) is 3.10. The number of piperidine rings is 1. The number of hydrogen-bond acceptors (Lipinski definition) is 7. The predicted octanol–water partition coefficient (Wildman–Crippen LogP) is 2.75. The molecule has 1 unspecified atom stereocenters. The average molecular weight is 431 g/mol. The van der Waals surface area contributed by atoms with Crippen molar-refractivity contribution < 1.29 is 4.79 Å². The van der Waals surface area contributed by atoms with Crippen LogP contribution in [0.4, 0.5) is 5.82 Å². The Labute approximate surface area is 183 Å². The molecule has 7 nitrogen and oxygen atoms in total. The van der Waals surface area contributed by atoms with Gasteiger partial charge in [-0.15, -0.1) is 11.3 Å². The highest BCUT2D eigenvalue weighted by molar-refractivity contribution is 7.20. The van der Waals surface area contributed by atoms with E-state index in [0.717, 1.165) is 65.6 Å². The Morgan fingerprint density at radius 1 is 1.20 bits per heavy atom. The minimum Gasteiger partial charge on any atom is -0.353 e. The maximum atomic E-state index is 12.9. The van der Waals surface area contributed by atoms with Crippen LogP contribution in [0, 0.1) is 6.92 Å². The predicted molar refractivity (Wildman–Crippen MR) is 124 cm³/mol. The molecule has 0 aliphatic carbocycles. The number of likely N-dealkylation sites (N-methyl/N-ethyl adjacent to an activating group) is 1. The summed E-state index contributed by atoms with van der Waals surface area (Å²) in [5.74, 6) is 0.992. The molecule has 0 aromatic carbocycles. The number of carbonyl (C=O) groups is 1. The summed E-state index contributed by atoms with van der Waals surface area (Å²) in [5, 5.41) is 4.18. The first-order valence-electron chi connectivity index (χ1n) is 11.2. The van der Waals surface area contributed by atoms with E-state index in [0.29, 0.717) is 12.6 Å². The summed E-state index contributed by atoms with van der Waals surface area (Å²) in [6, 6.07) is 0.672. The van der Waals surface area contributed by atoms with Crippen molar-refractivity contribution in [3.63, 3.8) is 0 Å². The van der Waals surface area contributed by atoms with Crippen LogP contribution in [-0.2, 0) is 0 Å². The fourth-order valence-corrected chi connectivity index (χ4v) is 5.64. The van der Waals surface area contributed by atoms with E-state index in [-0.39, 0.29) is 5.91 Å². The van der Waals surface area contributed by atoms with E-state index in [4.69, 9.17) is 0 Å². The summed E-state index contributed by atoms with van der Waals surface area (Å²) < 4.78 is 0. The molecule has 8 heteroatoms. The number of aryl methyl sites for hydroxylation is 1. The van der Waals surface area contributed by atoms with Crippen molar-refractivity contribution >= 4 is 33.3 Å². The second-order valence-electron chi connectivity index (χ2n) is 8.71. The molecule has 1 amide bonds. The highest BCUT2D eigenvalue weighted by atomic mass is 32.1. The van der Waals surface area contributed by atoms with Gasteiger partial charge in [-0.2, -0.15) is 0 Å². The summed E-state index contributed by atoms with van der Waals surface area (Å²) >= 11 is 1.49. The number of thiophene rings is 1. The van der Waals surface area contributed by atoms with E-state index < -0.39 is 0 Å². The number of likely N-dealkylation sites (tertiary alicyclic amines) is 1. The van der Waals surface area contributed by atoms with Gasteiger partial charge in [0.15, 0.2) is 0 Å². The van der Waals surface area contributed by atoms with Gasteiger partial charge in [-0.1, -0.05) is 6.42 Å². The molecular formula is C22H34N6OS. The lowest BCUT2D eigenvalue weighted by atomic mass is 10.0.